The molecule has 40 heavy (non-hydrogen) atoms. The van der Waals surface area contributed by atoms with E-state index >= 15 is 0 Å². The predicted octanol–water partition coefficient (Wildman–Crippen LogP) is 5.27. The Morgan fingerprint density at radius 1 is 0.975 bits per heavy atom. The minimum absolute atomic E-state index is 0.0343. The number of carbonyl (C=O) groups excluding carboxylic acids is 2. The molecule has 0 spiro atoms. The molecule has 3 N–H and O–H groups in total. The van der Waals surface area contributed by atoms with Crippen molar-refractivity contribution >= 4 is 17.8 Å². The number of para-hydroxylation sites is 1. The molecule has 1 fully saturated rings. The van der Waals surface area contributed by atoms with E-state index in [-0.39, 0.29) is 18.0 Å². The van der Waals surface area contributed by atoms with Crippen LogP contribution >= 0.6 is 0 Å². The van der Waals surface area contributed by atoms with E-state index in [9.17, 15) is 9.59 Å². The van der Waals surface area contributed by atoms with Crippen LogP contribution in [0.5, 0.6) is 11.5 Å². The van der Waals surface area contributed by atoms with Gasteiger partial charge in [-0.05, 0) is 49.7 Å². The van der Waals surface area contributed by atoms with E-state index in [0.29, 0.717) is 42.5 Å². The van der Waals surface area contributed by atoms with Gasteiger partial charge in [-0.15, -0.1) is 0 Å². The van der Waals surface area contributed by atoms with Crippen LogP contribution in [0, 0.1) is 0 Å². The third kappa shape index (κ3) is 4.80. The molecular weight excluding hydrogens is 504 g/mol. The van der Waals surface area contributed by atoms with Crippen molar-refractivity contribution in [3.8, 4) is 11.5 Å². The van der Waals surface area contributed by atoms with E-state index in [4.69, 9.17) is 4.74 Å². The van der Waals surface area contributed by atoms with E-state index < -0.39 is 5.54 Å². The molecule has 2 aliphatic rings. The van der Waals surface area contributed by atoms with Crippen molar-refractivity contribution in [1.82, 2.24) is 25.3 Å². The fraction of sp³-hybridized carbons (Fsp3) is 0.258. The Morgan fingerprint density at radius 2 is 1.70 bits per heavy atom. The van der Waals surface area contributed by atoms with Crippen LogP contribution in [0.1, 0.15) is 47.1 Å². The number of anilines is 1. The second-order valence-electron chi connectivity index (χ2n) is 10.6. The Hall–Kier alpha value is -4.63. The van der Waals surface area contributed by atoms with E-state index in [1.54, 1.807) is 24.3 Å². The Labute approximate surface area is 233 Å². The first kappa shape index (κ1) is 25.6. The zero-order valence-corrected chi connectivity index (χ0v) is 22.6. The quantitative estimate of drug-likeness (QED) is 0.322. The molecule has 9 nitrogen and oxygen atoms in total. The number of ether oxygens (including phenoxy) is 1. The van der Waals surface area contributed by atoms with Gasteiger partial charge in [-0.2, -0.15) is 5.10 Å². The van der Waals surface area contributed by atoms with Gasteiger partial charge in [0.2, 0.25) is 0 Å². The number of hydrogen-bond donors (Lipinski definition) is 3. The van der Waals surface area contributed by atoms with Gasteiger partial charge in [0, 0.05) is 30.8 Å². The summed E-state index contributed by atoms with van der Waals surface area (Å²) in [6.07, 6.45) is 0. The van der Waals surface area contributed by atoms with Crippen molar-refractivity contribution in [3.05, 3.63) is 107 Å². The van der Waals surface area contributed by atoms with Crippen molar-refractivity contribution in [2.24, 2.45) is 0 Å². The number of fused-ring (bicyclic) bond motifs is 1. The van der Waals surface area contributed by atoms with Gasteiger partial charge in [0.05, 0.1) is 23.8 Å². The highest BCUT2D eigenvalue weighted by atomic mass is 16.5. The molecule has 1 saturated heterocycles. The molecule has 1 unspecified atom stereocenters. The number of rotatable bonds is 5. The topological polar surface area (TPSA) is 103 Å². The molecule has 4 aromatic rings. The molecule has 9 heteroatoms. The van der Waals surface area contributed by atoms with Crippen molar-refractivity contribution in [3.63, 3.8) is 0 Å². The maximum atomic E-state index is 14.0. The summed E-state index contributed by atoms with van der Waals surface area (Å²) in [5, 5.41) is 13.9. The Balaban J connectivity index is 1.20. The minimum Gasteiger partial charge on any atom is -0.457 e. The molecule has 2 aliphatic heterocycles. The van der Waals surface area contributed by atoms with Crippen molar-refractivity contribution in [2.75, 3.05) is 25.0 Å². The van der Waals surface area contributed by atoms with Crippen LogP contribution in [0.4, 0.5) is 10.6 Å². The van der Waals surface area contributed by atoms with E-state index in [1.807, 2.05) is 72.2 Å². The third-order valence-corrected chi connectivity index (χ3v) is 7.68. The Kier molecular flexibility index (Phi) is 6.73. The van der Waals surface area contributed by atoms with Gasteiger partial charge < -0.3 is 25.2 Å². The summed E-state index contributed by atoms with van der Waals surface area (Å²) in [5.41, 5.74) is 2.56. The molecule has 3 aromatic carbocycles. The van der Waals surface area contributed by atoms with Crippen LogP contribution in [0.25, 0.3) is 0 Å². The number of nitrogens with zero attached hydrogens (tertiary/aromatic N) is 3. The second kappa shape index (κ2) is 10.5. The summed E-state index contributed by atoms with van der Waals surface area (Å²) in [7, 11) is 0. The monoisotopic (exact) mass is 536 g/mol. The van der Waals surface area contributed by atoms with Crippen molar-refractivity contribution in [2.45, 2.75) is 32.0 Å². The number of amides is 3. The summed E-state index contributed by atoms with van der Waals surface area (Å²) in [5.74, 6) is 1.38. The molecule has 0 radical (unpaired) electrons. The maximum absolute atomic E-state index is 14.0. The first-order chi connectivity index (χ1) is 19.4. The van der Waals surface area contributed by atoms with Gasteiger partial charge in [0.15, 0.2) is 5.82 Å². The van der Waals surface area contributed by atoms with Crippen molar-refractivity contribution < 1.29 is 14.3 Å². The number of H-pyrrole nitrogens is 1. The van der Waals surface area contributed by atoms with E-state index in [2.05, 4.69) is 33.0 Å². The molecular formula is C31H32N6O3. The molecule has 3 heterocycles. The molecule has 0 bridgehead atoms. The molecule has 0 aliphatic carbocycles. The summed E-state index contributed by atoms with van der Waals surface area (Å²) in [4.78, 5) is 31.0. The van der Waals surface area contributed by atoms with Gasteiger partial charge in [-0.1, -0.05) is 54.6 Å². The van der Waals surface area contributed by atoms with Crippen LogP contribution in [0.3, 0.4) is 0 Å². The number of piperazine rings is 1. The maximum Gasteiger partial charge on any atom is 0.321 e. The average Bonchev–Trinajstić information content (AvgIpc) is 3.51. The minimum atomic E-state index is -0.627. The fourth-order valence-corrected chi connectivity index (χ4v) is 5.49. The van der Waals surface area contributed by atoms with Crippen LogP contribution in [0.2, 0.25) is 0 Å². The van der Waals surface area contributed by atoms with Gasteiger partial charge in [0.25, 0.3) is 5.91 Å². The lowest BCUT2D eigenvalue weighted by molar-refractivity contribution is 0.0842. The van der Waals surface area contributed by atoms with Crippen LogP contribution < -0.4 is 15.4 Å². The Morgan fingerprint density at radius 3 is 2.48 bits per heavy atom. The molecule has 6 rings (SSSR count). The standard InChI is InChI=1S/C31H32N6O3/c1-31(2)27-25(20-37(31)30(39)36-17-16-32-19-26(36)21-10-5-3-6-11-21)28(35-34-27)33-29(38)22-12-9-15-24(18-22)40-23-13-7-4-8-14-23/h3-15,18,26,32H,16-17,19-20H2,1-2H3,(H2,33,34,35,38). The highest BCUT2D eigenvalue weighted by molar-refractivity contribution is 6.04. The molecule has 0 saturated carbocycles. The smallest absolute Gasteiger partial charge is 0.321 e. The van der Waals surface area contributed by atoms with E-state index in [0.717, 1.165) is 23.4 Å². The van der Waals surface area contributed by atoms with Crippen LogP contribution in [0.15, 0.2) is 84.9 Å². The molecule has 3 amide bonds. The SMILES string of the molecule is CC1(C)c2[nH]nc(NC(=O)c3cccc(Oc4ccccc4)c3)c2CN1C(=O)N1CCNCC1c1ccccc1. The van der Waals surface area contributed by atoms with E-state index in [1.165, 1.54) is 0 Å². The highest BCUT2D eigenvalue weighted by Gasteiger charge is 2.46. The lowest BCUT2D eigenvalue weighted by Crippen LogP contribution is -2.55. The number of hydrogen-bond acceptors (Lipinski definition) is 5. The number of carbonyl (C=O) groups is 2. The zero-order chi connectivity index (χ0) is 27.7. The summed E-state index contributed by atoms with van der Waals surface area (Å²) >= 11 is 0. The number of nitrogens with one attached hydrogen (secondary N) is 3. The number of benzene rings is 3. The number of urea groups is 1. The average molecular weight is 537 g/mol. The first-order valence-electron chi connectivity index (χ1n) is 13.5. The van der Waals surface area contributed by atoms with Crippen molar-refractivity contribution in [1.29, 1.82) is 0 Å². The largest absolute Gasteiger partial charge is 0.457 e. The normalized spacial score (nSPS) is 17.8. The molecule has 1 aromatic heterocycles. The van der Waals surface area contributed by atoms with Gasteiger partial charge in [0.1, 0.15) is 11.5 Å². The summed E-state index contributed by atoms with van der Waals surface area (Å²) < 4.78 is 5.89. The number of aromatic nitrogens is 2. The number of aromatic amines is 1. The third-order valence-electron chi connectivity index (χ3n) is 7.68. The second-order valence-corrected chi connectivity index (χ2v) is 10.6. The highest BCUT2D eigenvalue weighted by Crippen LogP contribution is 2.42. The van der Waals surface area contributed by atoms with Crippen LogP contribution in [-0.2, 0) is 12.1 Å². The lowest BCUT2D eigenvalue weighted by Gasteiger charge is -2.42. The summed E-state index contributed by atoms with van der Waals surface area (Å²) in [6.45, 7) is 6.41. The van der Waals surface area contributed by atoms with Crippen LogP contribution in [-0.4, -0.2) is 51.6 Å². The van der Waals surface area contributed by atoms with Gasteiger partial charge in [-0.25, -0.2) is 4.79 Å². The van der Waals surface area contributed by atoms with Gasteiger partial charge >= 0.3 is 6.03 Å². The predicted molar refractivity (Wildman–Crippen MR) is 152 cm³/mol. The van der Waals surface area contributed by atoms with Gasteiger partial charge in [-0.3, -0.25) is 9.89 Å². The zero-order valence-electron chi connectivity index (χ0n) is 22.6. The first-order valence-corrected chi connectivity index (χ1v) is 13.5. The summed E-state index contributed by atoms with van der Waals surface area (Å²) in [6, 6.07) is 26.5. The molecule has 1 atom stereocenters. The fourth-order valence-electron chi connectivity index (χ4n) is 5.49. The lowest BCUT2D eigenvalue weighted by atomic mass is 10.00. The molecule has 204 valence electrons. The Bertz CT molecular complexity index is 1520.